The number of amides is 1. The Morgan fingerprint density at radius 3 is 2.72 bits per heavy atom. The van der Waals surface area contributed by atoms with Gasteiger partial charge in [-0.1, -0.05) is 6.42 Å². The molecule has 0 aliphatic carbocycles. The number of likely N-dealkylation sites (tertiary alicyclic amines) is 1. The van der Waals surface area contributed by atoms with E-state index in [1.54, 1.807) is 6.26 Å². The fourth-order valence-corrected chi connectivity index (χ4v) is 3.38. The monoisotopic (exact) mass is 340 g/mol. The maximum Gasteiger partial charge on any atom is 0.239 e. The van der Waals surface area contributed by atoms with Crippen molar-refractivity contribution in [2.45, 2.75) is 39.7 Å². The van der Waals surface area contributed by atoms with Crippen LogP contribution in [0.25, 0.3) is 0 Å². The van der Waals surface area contributed by atoms with Crippen molar-refractivity contribution < 1.29 is 9.21 Å². The van der Waals surface area contributed by atoms with E-state index in [1.165, 1.54) is 6.42 Å². The van der Waals surface area contributed by atoms with Crippen molar-refractivity contribution in [3.63, 3.8) is 0 Å². The van der Waals surface area contributed by atoms with Crippen molar-refractivity contribution in [2.75, 3.05) is 25.0 Å². The molecule has 1 aliphatic heterocycles. The molecule has 1 aliphatic rings. The van der Waals surface area contributed by atoms with Crippen LogP contribution in [0.1, 0.15) is 41.8 Å². The number of carbonyl (C=O) groups excluding carboxylic acids is 1. The largest absolute Gasteiger partial charge is 0.467 e. The smallest absolute Gasteiger partial charge is 0.239 e. The van der Waals surface area contributed by atoms with E-state index in [1.807, 2.05) is 30.5 Å². The van der Waals surface area contributed by atoms with Gasteiger partial charge in [0.25, 0.3) is 0 Å². The molecule has 25 heavy (non-hydrogen) atoms. The second-order valence-electron chi connectivity index (χ2n) is 6.60. The van der Waals surface area contributed by atoms with E-state index in [0.717, 1.165) is 42.9 Å². The van der Waals surface area contributed by atoms with Gasteiger partial charge in [0.15, 0.2) is 0 Å². The lowest BCUT2D eigenvalue weighted by atomic mass is 10.1. The Balaban J connectivity index is 1.82. The zero-order chi connectivity index (χ0) is 17.8. The van der Waals surface area contributed by atoms with Crippen LogP contribution in [0.5, 0.6) is 0 Å². The summed E-state index contributed by atoms with van der Waals surface area (Å²) in [6.07, 6.45) is 5.15. The van der Waals surface area contributed by atoms with E-state index < -0.39 is 0 Å². The minimum absolute atomic E-state index is 0.0726. The van der Waals surface area contributed by atoms with E-state index >= 15 is 0 Å². The van der Waals surface area contributed by atoms with Crippen LogP contribution in [0, 0.1) is 25.2 Å². The normalized spacial score (nSPS) is 15.1. The van der Waals surface area contributed by atoms with Crippen LogP contribution < -0.4 is 5.32 Å². The van der Waals surface area contributed by atoms with Crippen molar-refractivity contribution >= 4 is 11.7 Å². The van der Waals surface area contributed by atoms with Crippen LogP contribution in [0.2, 0.25) is 0 Å². The van der Waals surface area contributed by atoms with Gasteiger partial charge in [-0.2, -0.15) is 5.26 Å². The minimum Gasteiger partial charge on any atom is -0.467 e. The summed E-state index contributed by atoms with van der Waals surface area (Å²) in [6.45, 7) is 6.65. The Hall–Kier alpha value is -2.52. The molecule has 132 valence electrons. The summed E-state index contributed by atoms with van der Waals surface area (Å²) >= 11 is 0. The van der Waals surface area contributed by atoms with Gasteiger partial charge in [-0.05, 0) is 57.5 Å². The zero-order valence-corrected chi connectivity index (χ0v) is 14.8. The Morgan fingerprint density at radius 2 is 2.08 bits per heavy atom. The van der Waals surface area contributed by atoms with Crippen molar-refractivity contribution in [3.8, 4) is 6.07 Å². The molecule has 1 N–H and O–H groups in total. The van der Waals surface area contributed by atoms with Gasteiger partial charge in [-0.15, -0.1) is 0 Å². The predicted octanol–water partition coefficient (Wildman–Crippen LogP) is 3.04. The summed E-state index contributed by atoms with van der Waals surface area (Å²) in [4.78, 5) is 14.7. The fraction of sp³-hybridized carbons (Fsp3) is 0.474. The molecule has 0 unspecified atom stereocenters. The van der Waals surface area contributed by atoms with Crippen molar-refractivity contribution in [1.82, 2.24) is 9.47 Å². The number of nitrogens with zero attached hydrogens (tertiary/aromatic N) is 3. The SMILES string of the molecule is Cc1c(C#N)c(NC(=O)CN2CCCCC2)n(Cc2ccco2)c1C. The Labute approximate surface area is 148 Å². The highest BCUT2D eigenvalue weighted by Gasteiger charge is 2.21. The molecule has 2 aromatic rings. The van der Waals surface area contributed by atoms with Gasteiger partial charge in [-0.25, -0.2) is 0 Å². The number of anilines is 1. The molecule has 3 rings (SSSR count). The second-order valence-corrected chi connectivity index (χ2v) is 6.60. The summed E-state index contributed by atoms with van der Waals surface area (Å²) in [5.41, 5.74) is 2.37. The van der Waals surface area contributed by atoms with E-state index in [2.05, 4.69) is 16.3 Å². The molecule has 6 heteroatoms. The quantitative estimate of drug-likeness (QED) is 0.908. The van der Waals surface area contributed by atoms with Crippen LogP contribution in [0.15, 0.2) is 22.8 Å². The molecular formula is C19H24N4O2. The third-order valence-electron chi connectivity index (χ3n) is 4.91. The predicted molar refractivity (Wildman–Crippen MR) is 95.4 cm³/mol. The van der Waals surface area contributed by atoms with Crippen LogP contribution in [0.4, 0.5) is 5.82 Å². The summed E-state index contributed by atoms with van der Waals surface area (Å²) in [5, 5.41) is 12.5. The molecule has 3 heterocycles. The number of nitrogens with one attached hydrogen (secondary N) is 1. The topological polar surface area (TPSA) is 74.2 Å². The van der Waals surface area contributed by atoms with E-state index in [4.69, 9.17) is 4.42 Å². The van der Waals surface area contributed by atoms with Crippen molar-refractivity contribution in [2.24, 2.45) is 0 Å². The first kappa shape index (κ1) is 17.3. The first-order valence-corrected chi connectivity index (χ1v) is 8.74. The zero-order valence-electron chi connectivity index (χ0n) is 14.8. The van der Waals surface area contributed by atoms with Crippen LogP contribution >= 0.6 is 0 Å². The second kappa shape index (κ2) is 7.58. The van der Waals surface area contributed by atoms with Gasteiger partial charge in [-0.3, -0.25) is 9.69 Å². The number of aromatic nitrogens is 1. The van der Waals surface area contributed by atoms with Gasteiger partial charge >= 0.3 is 0 Å². The summed E-state index contributed by atoms with van der Waals surface area (Å²) in [6, 6.07) is 5.96. The van der Waals surface area contributed by atoms with Gasteiger partial charge in [0.2, 0.25) is 5.91 Å². The molecule has 0 bridgehead atoms. The third-order valence-corrected chi connectivity index (χ3v) is 4.91. The average Bonchev–Trinajstić information content (AvgIpc) is 3.19. The number of nitriles is 1. The standard InChI is InChI=1S/C19H24N4O2/c1-14-15(2)23(12-16-7-6-10-25-16)19(17(14)11-20)21-18(24)13-22-8-4-3-5-9-22/h6-7,10H,3-5,8-9,12-13H2,1-2H3,(H,21,24). The molecule has 0 saturated carbocycles. The number of furan rings is 1. The van der Waals surface area contributed by atoms with E-state index in [-0.39, 0.29) is 5.91 Å². The van der Waals surface area contributed by atoms with Crippen LogP contribution in [0.3, 0.4) is 0 Å². The molecule has 0 spiro atoms. The number of hydrogen-bond acceptors (Lipinski definition) is 4. The Bertz CT molecular complexity index is 777. The van der Waals surface area contributed by atoms with Crippen molar-refractivity contribution in [3.05, 3.63) is 41.0 Å². The van der Waals surface area contributed by atoms with Gasteiger partial charge in [0, 0.05) is 5.69 Å². The first-order chi connectivity index (χ1) is 12.1. The lowest BCUT2D eigenvalue weighted by Gasteiger charge is -2.25. The maximum atomic E-state index is 12.5. The van der Waals surface area contributed by atoms with Gasteiger partial charge in [0.05, 0.1) is 24.9 Å². The molecule has 1 fully saturated rings. The lowest BCUT2D eigenvalue weighted by Crippen LogP contribution is -2.37. The highest BCUT2D eigenvalue weighted by atomic mass is 16.3. The summed E-state index contributed by atoms with van der Waals surface area (Å²) < 4.78 is 7.38. The number of hydrogen-bond donors (Lipinski definition) is 1. The molecule has 1 saturated heterocycles. The molecule has 0 aromatic carbocycles. The average molecular weight is 340 g/mol. The molecule has 6 nitrogen and oxygen atoms in total. The molecule has 2 aromatic heterocycles. The molecule has 1 amide bonds. The molecule has 0 atom stereocenters. The minimum atomic E-state index is -0.0726. The highest BCUT2D eigenvalue weighted by Crippen LogP contribution is 2.27. The highest BCUT2D eigenvalue weighted by molar-refractivity contribution is 5.93. The first-order valence-electron chi connectivity index (χ1n) is 8.74. The Morgan fingerprint density at radius 1 is 1.32 bits per heavy atom. The summed E-state index contributed by atoms with van der Waals surface area (Å²) in [7, 11) is 0. The van der Waals surface area contributed by atoms with Gasteiger partial charge in [0.1, 0.15) is 17.6 Å². The molecular weight excluding hydrogens is 316 g/mol. The maximum absolute atomic E-state index is 12.5. The number of carbonyl (C=O) groups is 1. The van der Waals surface area contributed by atoms with Crippen LogP contribution in [-0.2, 0) is 11.3 Å². The third kappa shape index (κ3) is 3.77. The lowest BCUT2D eigenvalue weighted by molar-refractivity contribution is -0.117. The van der Waals surface area contributed by atoms with E-state index in [0.29, 0.717) is 24.5 Å². The molecule has 0 radical (unpaired) electrons. The number of piperidine rings is 1. The number of rotatable bonds is 5. The van der Waals surface area contributed by atoms with Crippen molar-refractivity contribution in [1.29, 1.82) is 5.26 Å². The fourth-order valence-electron chi connectivity index (χ4n) is 3.38. The van der Waals surface area contributed by atoms with Gasteiger partial charge < -0.3 is 14.3 Å². The Kier molecular flexibility index (Phi) is 5.25. The van der Waals surface area contributed by atoms with E-state index in [9.17, 15) is 10.1 Å². The van der Waals surface area contributed by atoms with Crippen LogP contribution in [-0.4, -0.2) is 35.0 Å². The summed E-state index contributed by atoms with van der Waals surface area (Å²) in [5.74, 6) is 1.28.